The molecule has 7 heteroatoms. The van der Waals surface area contributed by atoms with Gasteiger partial charge in [0.05, 0.1) is 0 Å². The number of halogens is 1. The highest BCUT2D eigenvalue weighted by Crippen LogP contribution is 2.18. The summed E-state index contributed by atoms with van der Waals surface area (Å²) < 4.78 is 14.3. The van der Waals surface area contributed by atoms with Gasteiger partial charge < -0.3 is 5.32 Å². The molecule has 0 fully saturated rings. The van der Waals surface area contributed by atoms with Crippen molar-refractivity contribution in [1.29, 1.82) is 0 Å². The van der Waals surface area contributed by atoms with Gasteiger partial charge in [-0.3, -0.25) is 9.78 Å². The van der Waals surface area contributed by atoms with Crippen molar-refractivity contribution in [2.24, 2.45) is 0 Å². The fraction of sp³-hybridized carbons (Fsp3) is 0.0435. The van der Waals surface area contributed by atoms with Crippen LogP contribution in [0.4, 0.5) is 10.3 Å². The molecule has 0 saturated carbocycles. The van der Waals surface area contributed by atoms with Crippen LogP contribution in [0.15, 0.2) is 85.2 Å². The lowest BCUT2D eigenvalue weighted by atomic mass is 10.2. The second-order valence-electron chi connectivity index (χ2n) is 6.47. The van der Waals surface area contributed by atoms with Crippen LogP contribution in [0.5, 0.6) is 0 Å². The van der Waals surface area contributed by atoms with Crippen molar-refractivity contribution in [2.45, 2.75) is 6.54 Å². The third-order valence-corrected chi connectivity index (χ3v) is 4.32. The molecule has 0 unspecified atom stereocenters. The molecule has 0 bridgehead atoms. The fourth-order valence-corrected chi connectivity index (χ4v) is 2.79. The van der Waals surface area contributed by atoms with Gasteiger partial charge in [-0.15, -0.1) is 5.10 Å². The van der Waals surface area contributed by atoms with E-state index in [1.54, 1.807) is 36.7 Å². The van der Waals surface area contributed by atoms with Crippen molar-refractivity contribution in [3.05, 3.63) is 102 Å². The Hall–Kier alpha value is -4.13. The first-order chi connectivity index (χ1) is 14.7. The molecule has 0 radical (unpaired) electrons. The first-order valence-electron chi connectivity index (χ1n) is 9.32. The molecule has 0 atom stereocenters. The number of hydrogen-bond acceptors (Lipinski definition) is 5. The second kappa shape index (κ2) is 8.91. The minimum Gasteiger partial charge on any atom is -0.350 e. The molecular formula is C23H18FN5O. The molecule has 30 heavy (non-hydrogen) atoms. The molecule has 0 spiro atoms. The lowest BCUT2D eigenvalue weighted by Gasteiger charge is -2.05. The molecule has 4 aromatic rings. The number of nitrogens with one attached hydrogen (secondary N) is 1. The zero-order valence-corrected chi connectivity index (χ0v) is 15.9. The maximum atomic E-state index is 13.1. The third kappa shape index (κ3) is 4.64. The summed E-state index contributed by atoms with van der Waals surface area (Å²) in [6.45, 7) is 0.487. The highest BCUT2D eigenvalue weighted by Gasteiger charge is 2.15. The van der Waals surface area contributed by atoms with Gasteiger partial charge in [0.1, 0.15) is 5.82 Å². The quantitative estimate of drug-likeness (QED) is 0.485. The van der Waals surface area contributed by atoms with Gasteiger partial charge in [-0.05, 0) is 41.5 Å². The van der Waals surface area contributed by atoms with Gasteiger partial charge in [0.25, 0.3) is 5.91 Å². The van der Waals surface area contributed by atoms with Gasteiger partial charge in [0.2, 0.25) is 5.95 Å². The average Bonchev–Trinajstić information content (AvgIpc) is 3.23. The molecule has 2 aromatic heterocycles. The number of pyridine rings is 1. The van der Waals surface area contributed by atoms with Gasteiger partial charge in [-0.1, -0.05) is 42.5 Å². The van der Waals surface area contributed by atoms with Crippen LogP contribution in [0, 0.1) is 5.82 Å². The molecule has 4 rings (SSSR count). The van der Waals surface area contributed by atoms with Crippen molar-refractivity contribution in [3.63, 3.8) is 0 Å². The Kier molecular flexibility index (Phi) is 5.70. The Morgan fingerprint density at radius 1 is 1.03 bits per heavy atom. The predicted octanol–water partition coefficient (Wildman–Crippen LogP) is 4.44. The van der Waals surface area contributed by atoms with E-state index in [0.29, 0.717) is 29.4 Å². The SMILES string of the molecule is O=C(C=Cc1ccc(F)cc1)n1nc(-c2cccnc2)nc1NCc1ccccc1. The molecule has 2 heterocycles. The van der Waals surface area contributed by atoms with Crippen molar-refractivity contribution in [1.82, 2.24) is 19.7 Å². The second-order valence-corrected chi connectivity index (χ2v) is 6.47. The maximum absolute atomic E-state index is 13.1. The minimum atomic E-state index is -0.377. The molecule has 0 saturated heterocycles. The molecule has 2 aromatic carbocycles. The largest absolute Gasteiger partial charge is 0.350 e. The lowest BCUT2D eigenvalue weighted by molar-refractivity contribution is 0.0957. The number of nitrogens with zero attached hydrogens (tertiary/aromatic N) is 4. The molecule has 0 aliphatic heterocycles. The van der Waals surface area contributed by atoms with E-state index in [2.05, 4.69) is 20.4 Å². The number of rotatable bonds is 6. The van der Waals surface area contributed by atoms with Crippen LogP contribution in [-0.2, 0) is 6.54 Å². The topological polar surface area (TPSA) is 72.7 Å². The van der Waals surface area contributed by atoms with E-state index in [0.717, 1.165) is 5.56 Å². The van der Waals surface area contributed by atoms with Crippen molar-refractivity contribution < 1.29 is 9.18 Å². The Morgan fingerprint density at radius 2 is 1.83 bits per heavy atom. The number of anilines is 1. The first kappa shape index (κ1) is 19.2. The van der Waals surface area contributed by atoms with Crippen LogP contribution in [0.25, 0.3) is 17.5 Å². The van der Waals surface area contributed by atoms with Crippen LogP contribution in [-0.4, -0.2) is 25.7 Å². The van der Waals surface area contributed by atoms with E-state index in [1.807, 2.05) is 36.4 Å². The molecule has 148 valence electrons. The Morgan fingerprint density at radius 3 is 2.57 bits per heavy atom. The van der Waals surface area contributed by atoms with E-state index in [1.165, 1.54) is 22.9 Å². The monoisotopic (exact) mass is 399 g/mol. The van der Waals surface area contributed by atoms with E-state index >= 15 is 0 Å². The maximum Gasteiger partial charge on any atom is 0.274 e. The zero-order valence-electron chi connectivity index (χ0n) is 15.9. The normalized spacial score (nSPS) is 11.0. The number of aromatic nitrogens is 4. The van der Waals surface area contributed by atoms with Crippen LogP contribution < -0.4 is 5.32 Å². The lowest BCUT2D eigenvalue weighted by Crippen LogP contribution is -2.14. The summed E-state index contributed by atoms with van der Waals surface area (Å²) in [5.41, 5.74) is 2.45. The average molecular weight is 399 g/mol. The molecule has 0 aliphatic carbocycles. The van der Waals surface area contributed by atoms with Crippen LogP contribution in [0.1, 0.15) is 15.9 Å². The third-order valence-electron chi connectivity index (χ3n) is 4.32. The molecular weight excluding hydrogens is 381 g/mol. The summed E-state index contributed by atoms with van der Waals surface area (Å²) in [5, 5.41) is 7.53. The number of benzene rings is 2. The molecule has 0 aliphatic rings. The van der Waals surface area contributed by atoms with Gasteiger partial charge in [0, 0.05) is 30.6 Å². The van der Waals surface area contributed by atoms with Gasteiger partial charge in [-0.25, -0.2) is 4.39 Å². The van der Waals surface area contributed by atoms with Crippen LogP contribution in [0.2, 0.25) is 0 Å². The van der Waals surface area contributed by atoms with Crippen molar-refractivity contribution in [2.75, 3.05) is 5.32 Å². The molecule has 0 amide bonds. The summed E-state index contributed by atoms with van der Waals surface area (Å²) in [7, 11) is 0. The van der Waals surface area contributed by atoms with Gasteiger partial charge in [0.15, 0.2) is 5.82 Å². The summed E-state index contributed by atoms with van der Waals surface area (Å²) in [6.07, 6.45) is 6.28. The Balaban J connectivity index is 1.61. The standard InChI is InChI=1S/C23H18FN5O/c24-20-11-8-17(9-12-20)10-13-21(30)29-23(26-15-18-5-2-1-3-6-18)27-22(28-29)19-7-4-14-25-16-19/h1-14,16H,15H2,(H,26,27,28). The summed E-state index contributed by atoms with van der Waals surface area (Å²) in [5.74, 6) is 0.00875. The number of hydrogen-bond donors (Lipinski definition) is 1. The van der Waals surface area contributed by atoms with Crippen molar-refractivity contribution in [3.8, 4) is 11.4 Å². The Bertz CT molecular complexity index is 1160. The van der Waals surface area contributed by atoms with Crippen LogP contribution in [0.3, 0.4) is 0 Å². The van der Waals surface area contributed by atoms with E-state index < -0.39 is 0 Å². The summed E-state index contributed by atoms with van der Waals surface area (Å²) in [6, 6.07) is 19.3. The minimum absolute atomic E-state index is 0.325. The zero-order chi connectivity index (χ0) is 20.8. The molecule has 6 nitrogen and oxygen atoms in total. The van der Waals surface area contributed by atoms with Crippen molar-refractivity contribution >= 4 is 17.9 Å². The number of allylic oxidation sites excluding steroid dienone is 1. The van der Waals surface area contributed by atoms with E-state index in [9.17, 15) is 9.18 Å². The highest BCUT2D eigenvalue weighted by atomic mass is 19.1. The fourth-order valence-electron chi connectivity index (χ4n) is 2.79. The molecule has 1 N–H and O–H groups in total. The Labute approximate surface area is 172 Å². The smallest absolute Gasteiger partial charge is 0.274 e. The summed E-state index contributed by atoms with van der Waals surface area (Å²) >= 11 is 0. The van der Waals surface area contributed by atoms with Gasteiger partial charge >= 0.3 is 0 Å². The van der Waals surface area contributed by atoms with Crippen LogP contribution >= 0.6 is 0 Å². The predicted molar refractivity (Wildman–Crippen MR) is 113 cm³/mol. The number of carbonyl (C=O) groups is 1. The first-order valence-corrected chi connectivity index (χ1v) is 9.32. The van der Waals surface area contributed by atoms with E-state index in [-0.39, 0.29) is 11.7 Å². The van der Waals surface area contributed by atoms with Gasteiger partial charge in [-0.2, -0.15) is 9.67 Å². The highest BCUT2D eigenvalue weighted by molar-refractivity contribution is 5.94. The van der Waals surface area contributed by atoms with E-state index in [4.69, 9.17) is 0 Å². The number of carbonyl (C=O) groups excluding carboxylic acids is 1. The summed E-state index contributed by atoms with van der Waals surface area (Å²) in [4.78, 5) is 21.4.